The zero-order valence-corrected chi connectivity index (χ0v) is 13.9. The zero-order valence-electron chi connectivity index (χ0n) is 11.6. The Morgan fingerprint density at radius 2 is 2.00 bits per heavy atom. The van der Waals surface area contributed by atoms with Gasteiger partial charge in [0, 0.05) is 14.9 Å². The van der Waals surface area contributed by atoms with E-state index in [1.807, 2.05) is 43.4 Å². The van der Waals surface area contributed by atoms with Crippen LogP contribution in [0.1, 0.15) is 17.4 Å². The van der Waals surface area contributed by atoms with Gasteiger partial charge in [-0.3, -0.25) is 0 Å². The van der Waals surface area contributed by atoms with Crippen molar-refractivity contribution in [2.45, 2.75) is 12.5 Å². The van der Waals surface area contributed by atoms with Gasteiger partial charge < -0.3 is 9.73 Å². The molecule has 1 N–H and O–H groups in total. The van der Waals surface area contributed by atoms with Crippen LogP contribution < -0.4 is 5.32 Å². The predicted molar refractivity (Wildman–Crippen MR) is 90.9 cm³/mol. The number of nitrogens with one attached hydrogen (secondary N) is 1. The molecule has 21 heavy (non-hydrogen) atoms. The van der Waals surface area contributed by atoms with Crippen LogP contribution in [0.15, 0.2) is 57.4 Å². The fraction of sp³-hybridized carbons (Fsp3) is 0.176. The van der Waals surface area contributed by atoms with Crippen molar-refractivity contribution in [2.24, 2.45) is 0 Å². The second-order valence-corrected chi connectivity index (χ2v) is 6.29. The molecule has 0 aliphatic rings. The molecule has 1 aromatic heterocycles. The lowest BCUT2D eigenvalue weighted by Crippen LogP contribution is -2.18. The first kappa shape index (κ1) is 14.6. The minimum atomic E-state index is 0.0936. The fourth-order valence-corrected chi connectivity index (χ4v) is 3.18. The molecule has 0 fully saturated rings. The first-order chi connectivity index (χ1) is 10.2. The highest BCUT2D eigenvalue weighted by Crippen LogP contribution is 2.29. The molecule has 2 aromatic carbocycles. The Bertz CT molecular complexity index is 735. The van der Waals surface area contributed by atoms with E-state index in [2.05, 4.69) is 33.4 Å². The third-order valence-corrected chi connectivity index (χ3v) is 4.42. The zero-order chi connectivity index (χ0) is 14.8. The molecule has 0 saturated carbocycles. The number of benzene rings is 2. The average molecular weight is 365 g/mol. The Hall–Kier alpha value is -1.29. The quantitative estimate of drug-likeness (QED) is 0.675. The lowest BCUT2D eigenvalue weighted by Gasteiger charge is -2.14. The Morgan fingerprint density at radius 1 is 1.19 bits per heavy atom. The molecule has 0 saturated heterocycles. The van der Waals surface area contributed by atoms with Crippen LogP contribution in [0.2, 0.25) is 5.02 Å². The topological polar surface area (TPSA) is 25.2 Å². The van der Waals surface area contributed by atoms with E-state index in [0.717, 1.165) is 38.2 Å². The van der Waals surface area contributed by atoms with Gasteiger partial charge in [-0.25, -0.2) is 0 Å². The minimum Gasteiger partial charge on any atom is -0.459 e. The van der Waals surface area contributed by atoms with E-state index in [0.29, 0.717) is 0 Å². The molecule has 3 rings (SSSR count). The van der Waals surface area contributed by atoms with Gasteiger partial charge in [-0.1, -0.05) is 51.8 Å². The molecule has 3 aromatic rings. The second-order valence-electron chi connectivity index (χ2n) is 4.97. The Kier molecular flexibility index (Phi) is 4.34. The summed E-state index contributed by atoms with van der Waals surface area (Å²) in [6, 6.07) is 16.2. The molecule has 108 valence electrons. The van der Waals surface area contributed by atoms with Crippen molar-refractivity contribution in [3.63, 3.8) is 0 Å². The predicted octanol–water partition coefficient (Wildman–Crippen LogP) is 5.35. The van der Waals surface area contributed by atoms with Crippen LogP contribution in [-0.4, -0.2) is 7.05 Å². The van der Waals surface area contributed by atoms with Gasteiger partial charge in [0.1, 0.15) is 11.3 Å². The van der Waals surface area contributed by atoms with E-state index in [9.17, 15) is 0 Å². The second kappa shape index (κ2) is 6.22. The Labute approximate surface area is 137 Å². The number of fused-ring (bicyclic) bond motifs is 1. The first-order valence-corrected chi connectivity index (χ1v) is 7.94. The third kappa shape index (κ3) is 3.15. The van der Waals surface area contributed by atoms with Crippen molar-refractivity contribution < 1.29 is 4.42 Å². The van der Waals surface area contributed by atoms with E-state index >= 15 is 0 Å². The molecule has 1 unspecified atom stereocenters. The van der Waals surface area contributed by atoms with Gasteiger partial charge in [0.2, 0.25) is 0 Å². The summed E-state index contributed by atoms with van der Waals surface area (Å²) < 4.78 is 6.93. The number of hydrogen-bond acceptors (Lipinski definition) is 2. The lowest BCUT2D eigenvalue weighted by atomic mass is 10.0. The molecule has 1 atom stereocenters. The summed E-state index contributed by atoms with van der Waals surface area (Å²) in [5, 5.41) is 5.19. The molecule has 2 nitrogen and oxygen atoms in total. The Morgan fingerprint density at radius 3 is 2.71 bits per heavy atom. The first-order valence-electron chi connectivity index (χ1n) is 6.77. The Balaban J connectivity index is 1.90. The van der Waals surface area contributed by atoms with Gasteiger partial charge in [0.05, 0.1) is 6.04 Å². The summed E-state index contributed by atoms with van der Waals surface area (Å²) in [5.41, 5.74) is 2.01. The number of para-hydroxylation sites is 1. The highest BCUT2D eigenvalue weighted by molar-refractivity contribution is 9.10. The number of hydrogen-bond donors (Lipinski definition) is 1. The SMILES string of the molecule is CNC(Cc1ccc(Br)cc1Cl)c1cc2ccccc2o1. The standard InChI is InChI=1S/C17H15BrClNO/c1-20-15(8-11-6-7-13(18)10-14(11)19)17-9-12-4-2-3-5-16(12)21-17/h2-7,9-10,15,20H,8H2,1H3. The van der Waals surface area contributed by atoms with E-state index in [-0.39, 0.29) is 6.04 Å². The molecule has 0 bridgehead atoms. The van der Waals surface area contributed by atoms with Gasteiger partial charge >= 0.3 is 0 Å². The van der Waals surface area contributed by atoms with E-state index in [4.69, 9.17) is 16.0 Å². The van der Waals surface area contributed by atoms with E-state index < -0.39 is 0 Å². The van der Waals surface area contributed by atoms with Gasteiger partial charge in [0.25, 0.3) is 0 Å². The maximum Gasteiger partial charge on any atom is 0.134 e. The molecule has 4 heteroatoms. The molecule has 0 aliphatic carbocycles. The summed E-state index contributed by atoms with van der Waals surface area (Å²) >= 11 is 9.74. The van der Waals surface area contributed by atoms with Crippen LogP contribution >= 0.6 is 27.5 Å². The molecular weight excluding hydrogens is 350 g/mol. The van der Waals surface area contributed by atoms with Crippen LogP contribution in [0.5, 0.6) is 0 Å². The number of rotatable bonds is 4. The minimum absolute atomic E-state index is 0.0936. The third-order valence-electron chi connectivity index (χ3n) is 3.58. The number of likely N-dealkylation sites (N-methyl/N-ethyl adjacent to an activating group) is 1. The summed E-state index contributed by atoms with van der Waals surface area (Å²) in [7, 11) is 1.94. The van der Waals surface area contributed by atoms with Crippen molar-refractivity contribution in [1.29, 1.82) is 0 Å². The van der Waals surface area contributed by atoms with Gasteiger partial charge in [-0.2, -0.15) is 0 Å². The van der Waals surface area contributed by atoms with Crippen LogP contribution in [0.3, 0.4) is 0 Å². The van der Waals surface area contributed by atoms with Gasteiger partial charge in [-0.15, -0.1) is 0 Å². The molecule has 0 aliphatic heterocycles. The van der Waals surface area contributed by atoms with Crippen molar-refractivity contribution in [1.82, 2.24) is 5.32 Å². The smallest absolute Gasteiger partial charge is 0.134 e. The average Bonchev–Trinajstić information content (AvgIpc) is 2.90. The summed E-state index contributed by atoms with van der Waals surface area (Å²) in [6.45, 7) is 0. The van der Waals surface area contributed by atoms with E-state index in [1.165, 1.54) is 0 Å². The van der Waals surface area contributed by atoms with Crippen LogP contribution in [0.4, 0.5) is 0 Å². The van der Waals surface area contributed by atoms with Crippen molar-refractivity contribution in [3.8, 4) is 0 Å². The van der Waals surface area contributed by atoms with Crippen LogP contribution in [0, 0.1) is 0 Å². The fourth-order valence-electron chi connectivity index (χ4n) is 2.43. The monoisotopic (exact) mass is 363 g/mol. The van der Waals surface area contributed by atoms with Crippen LogP contribution in [0.25, 0.3) is 11.0 Å². The molecule has 1 heterocycles. The van der Waals surface area contributed by atoms with E-state index in [1.54, 1.807) is 0 Å². The normalized spacial score (nSPS) is 12.7. The molecule has 0 spiro atoms. The highest BCUT2D eigenvalue weighted by Gasteiger charge is 2.16. The van der Waals surface area contributed by atoms with Crippen molar-refractivity contribution >= 4 is 38.5 Å². The maximum absolute atomic E-state index is 6.31. The summed E-state index contributed by atoms with van der Waals surface area (Å²) in [5.74, 6) is 0.928. The lowest BCUT2D eigenvalue weighted by molar-refractivity contribution is 0.451. The number of furan rings is 1. The van der Waals surface area contributed by atoms with Gasteiger partial charge in [0.15, 0.2) is 0 Å². The highest BCUT2D eigenvalue weighted by atomic mass is 79.9. The van der Waals surface area contributed by atoms with Crippen molar-refractivity contribution in [3.05, 3.63) is 69.3 Å². The number of halogens is 2. The van der Waals surface area contributed by atoms with Crippen molar-refractivity contribution in [2.75, 3.05) is 7.05 Å². The summed E-state index contributed by atoms with van der Waals surface area (Å²) in [4.78, 5) is 0. The van der Waals surface area contributed by atoms with Gasteiger partial charge in [-0.05, 0) is 43.3 Å². The van der Waals surface area contributed by atoms with Crippen LogP contribution in [-0.2, 0) is 6.42 Å². The largest absolute Gasteiger partial charge is 0.459 e. The molecule has 0 radical (unpaired) electrons. The molecule has 0 amide bonds. The summed E-state index contributed by atoms with van der Waals surface area (Å²) in [6.07, 6.45) is 0.780. The maximum atomic E-state index is 6.31. The molecular formula is C17H15BrClNO.